The fourth-order valence-corrected chi connectivity index (χ4v) is 2.42. The van der Waals surface area contributed by atoms with Crippen molar-refractivity contribution >= 4 is 14.9 Å². The monoisotopic (exact) mass is 165 g/mol. The molecule has 0 saturated carbocycles. The summed E-state index contributed by atoms with van der Waals surface area (Å²) in [5.74, 6) is 0. The third-order valence-corrected chi connectivity index (χ3v) is 3.51. The van der Waals surface area contributed by atoms with Crippen LogP contribution in [0, 0.1) is 6.92 Å². The van der Waals surface area contributed by atoms with Gasteiger partial charge in [0.2, 0.25) is 0 Å². The number of rotatable bonds is 2. The molecule has 0 aliphatic heterocycles. The van der Waals surface area contributed by atoms with Gasteiger partial charge >= 0.3 is 0 Å². The lowest BCUT2D eigenvalue weighted by molar-refractivity contribution is 0.669. The van der Waals surface area contributed by atoms with Crippen LogP contribution in [-0.2, 0) is 0 Å². The van der Waals surface area contributed by atoms with Gasteiger partial charge in [0.05, 0.1) is 0 Å². The molecule has 0 aliphatic rings. The first kappa shape index (κ1) is 8.49. The smallest absolute Gasteiger partial charge is 0.127 e. The first-order chi connectivity index (χ1) is 5.20. The average Bonchev–Trinajstić information content (AvgIpc) is 1.93. The van der Waals surface area contributed by atoms with Crippen molar-refractivity contribution in [3.63, 3.8) is 0 Å². The van der Waals surface area contributed by atoms with E-state index in [1.165, 1.54) is 5.56 Å². The molecule has 1 aromatic rings. The third kappa shape index (κ3) is 2.48. The van der Waals surface area contributed by atoms with Crippen LogP contribution in [0.15, 0.2) is 24.3 Å². The summed E-state index contributed by atoms with van der Waals surface area (Å²) in [7, 11) is 4.13. The van der Waals surface area contributed by atoms with Gasteiger partial charge in [-0.3, -0.25) is 0 Å². The predicted molar refractivity (Wildman–Crippen MR) is 53.0 cm³/mol. The topological polar surface area (TPSA) is 3.24 Å². The van der Waals surface area contributed by atoms with E-state index < -0.39 is 0 Å². The van der Waals surface area contributed by atoms with Gasteiger partial charge in [0.1, 0.15) is 9.68 Å². The summed E-state index contributed by atoms with van der Waals surface area (Å²) in [6.45, 7) is 2.19. The van der Waals surface area contributed by atoms with Gasteiger partial charge in [0.25, 0.3) is 0 Å². The van der Waals surface area contributed by atoms with E-state index in [9.17, 15) is 0 Å². The molecule has 11 heavy (non-hydrogen) atoms. The Labute approximate surface area is 70.9 Å². The van der Waals surface area contributed by atoms with Crippen LogP contribution >= 0.6 is 0 Å². The largest absolute Gasteiger partial charge is 0.330 e. The summed E-state index contributed by atoms with van der Waals surface area (Å²) in [4.78, 5) is 0. The van der Waals surface area contributed by atoms with E-state index in [-0.39, 0.29) is 9.68 Å². The Morgan fingerprint density at radius 3 is 2.36 bits per heavy atom. The highest BCUT2D eigenvalue weighted by Gasteiger charge is 1.97. The molecule has 0 atom stereocenters. The summed E-state index contributed by atoms with van der Waals surface area (Å²) in [6, 6.07) is 8.65. The molecular weight excluding hydrogens is 150 g/mol. The fraction of sp³-hybridized carbons (Fsp3) is 0.333. The van der Waals surface area contributed by atoms with E-state index in [4.69, 9.17) is 0 Å². The fourth-order valence-electron chi connectivity index (χ4n) is 1.13. The Morgan fingerprint density at radius 2 is 1.82 bits per heavy atom. The molecule has 0 amide bonds. The number of hydrogen-bond acceptors (Lipinski definition) is 1. The lowest BCUT2D eigenvalue weighted by atomic mass is 10.2. The molecule has 1 rings (SSSR count). The molecule has 0 N–H and O–H groups in total. The van der Waals surface area contributed by atoms with E-state index in [0.717, 1.165) is 0 Å². The van der Waals surface area contributed by atoms with Crippen molar-refractivity contribution in [3.8, 4) is 0 Å². The van der Waals surface area contributed by atoms with Crippen molar-refractivity contribution in [1.82, 2.24) is 4.57 Å². The molecule has 0 radical (unpaired) electrons. The van der Waals surface area contributed by atoms with Gasteiger partial charge in [0, 0.05) is 0 Å². The minimum atomic E-state index is -0.172. The molecule has 0 unspecified atom stereocenters. The third-order valence-electron chi connectivity index (χ3n) is 1.75. The zero-order valence-corrected chi connectivity index (χ0v) is 8.88. The second-order valence-corrected chi connectivity index (χ2v) is 5.51. The minimum absolute atomic E-state index is 0.172. The molecule has 2 heteroatoms. The molecule has 0 fully saturated rings. The summed E-state index contributed by atoms with van der Waals surface area (Å²) in [6.07, 6.45) is 0. The molecule has 0 aliphatic carbocycles. The van der Waals surface area contributed by atoms with Crippen molar-refractivity contribution in [2.24, 2.45) is 0 Å². The molecule has 60 valence electrons. The van der Waals surface area contributed by atoms with Gasteiger partial charge in [-0.25, -0.2) is 0 Å². The van der Waals surface area contributed by atoms with Gasteiger partial charge in [-0.05, 0) is 26.2 Å². The maximum absolute atomic E-state index is 2.32. The van der Waals surface area contributed by atoms with Crippen molar-refractivity contribution in [2.45, 2.75) is 6.92 Å². The van der Waals surface area contributed by atoms with Gasteiger partial charge < -0.3 is 4.57 Å². The maximum atomic E-state index is 2.32. The Hall–Kier alpha value is -0.603. The van der Waals surface area contributed by atoms with Crippen LogP contribution in [0.1, 0.15) is 5.56 Å². The van der Waals surface area contributed by atoms with E-state index in [0.29, 0.717) is 0 Å². The predicted octanol–water partition coefficient (Wildman–Crippen LogP) is 0.266. The highest BCUT2D eigenvalue weighted by molar-refractivity contribution is 6.51. The summed E-state index contributed by atoms with van der Waals surface area (Å²) in [5, 5.41) is 1.55. The van der Waals surface area contributed by atoms with Crippen molar-refractivity contribution in [1.29, 1.82) is 0 Å². The standard InChI is InChI=1S/C9H15NSi/c1-8-6-4-5-7-9(8)11-10(2)3/h4-7H,11H2,1-3H3. The van der Waals surface area contributed by atoms with Crippen molar-refractivity contribution in [3.05, 3.63) is 29.8 Å². The summed E-state index contributed by atoms with van der Waals surface area (Å²) >= 11 is 0. The lowest BCUT2D eigenvalue weighted by Gasteiger charge is -2.10. The first-order valence-electron chi connectivity index (χ1n) is 3.89. The molecule has 0 heterocycles. The maximum Gasteiger partial charge on any atom is 0.127 e. The lowest BCUT2D eigenvalue weighted by Crippen LogP contribution is -2.30. The minimum Gasteiger partial charge on any atom is -0.330 e. The number of benzene rings is 1. The molecule has 0 bridgehead atoms. The molecule has 1 nitrogen and oxygen atoms in total. The van der Waals surface area contributed by atoms with Crippen molar-refractivity contribution < 1.29 is 0 Å². The van der Waals surface area contributed by atoms with Crippen LogP contribution in [-0.4, -0.2) is 28.3 Å². The number of hydrogen-bond donors (Lipinski definition) is 0. The second-order valence-electron chi connectivity index (χ2n) is 3.16. The molecule has 1 aromatic carbocycles. The van der Waals surface area contributed by atoms with Gasteiger partial charge in [-0.2, -0.15) is 0 Å². The van der Waals surface area contributed by atoms with E-state index >= 15 is 0 Å². The summed E-state index contributed by atoms with van der Waals surface area (Å²) in [5.41, 5.74) is 1.44. The zero-order valence-electron chi connectivity index (χ0n) is 7.46. The van der Waals surface area contributed by atoms with Crippen LogP contribution in [0.2, 0.25) is 0 Å². The van der Waals surface area contributed by atoms with Crippen LogP contribution < -0.4 is 5.19 Å². The van der Waals surface area contributed by atoms with Gasteiger partial charge in [-0.15, -0.1) is 0 Å². The van der Waals surface area contributed by atoms with Crippen LogP contribution in [0.25, 0.3) is 0 Å². The van der Waals surface area contributed by atoms with E-state index in [1.54, 1.807) is 5.19 Å². The van der Waals surface area contributed by atoms with Crippen molar-refractivity contribution in [2.75, 3.05) is 14.1 Å². The quantitative estimate of drug-likeness (QED) is 0.569. The molecule has 0 aromatic heterocycles. The van der Waals surface area contributed by atoms with Gasteiger partial charge in [0.15, 0.2) is 0 Å². The molecular formula is C9H15NSi. The SMILES string of the molecule is Cc1ccccc1[SiH2]N(C)C. The molecule has 0 saturated heterocycles. The highest BCUT2D eigenvalue weighted by Crippen LogP contribution is 1.91. The second kappa shape index (κ2) is 3.69. The average molecular weight is 165 g/mol. The zero-order chi connectivity index (χ0) is 8.27. The van der Waals surface area contributed by atoms with Gasteiger partial charge in [-0.1, -0.05) is 29.8 Å². The Kier molecular flexibility index (Phi) is 2.85. The van der Waals surface area contributed by atoms with Crippen LogP contribution in [0.5, 0.6) is 0 Å². The normalized spacial score (nSPS) is 11.6. The summed E-state index contributed by atoms with van der Waals surface area (Å²) < 4.78 is 2.32. The Morgan fingerprint density at radius 1 is 1.18 bits per heavy atom. The van der Waals surface area contributed by atoms with Crippen LogP contribution in [0.3, 0.4) is 0 Å². The number of aryl methyl sites for hydroxylation is 1. The Balaban J connectivity index is 2.78. The highest BCUT2D eigenvalue weighted by atomic mass is 28.2. The number of nitrogens with zero attached hydrogens (tertiary/aromatic N) is 1. The van der Waals surface area contributed by atoms with Crippen LogP contribution in [0.4, 0.5) is 0 Å². The van der Waals surface area contributed by atoms with E-state index in [1.807, 2.05) is 0 Å². The Bertz CT molecular complexity index is 233. The molecule has 0 spiro atoms. The van der Waals surface area contributed by atoms with E-state index in [2.05, 4.69) is 49.9 Å². The first-order valence-corrected chi connectivity index (χ1v) is 5.23.